The zero-order chi connectivity index (χ0) is 13.1. The Kier molecular flexibility index (Phi) is 3.67. The van der Waals surface area contributed by atoms with E-state index in [4.69, 9.17) is 10.5 Å². The fraction of sp³-hybridized carbons (Fsp3) is 0.357. The number of ether oxygens (including phenoxy) is 1. The molecule has 0 unspecified atom stereocenters. The van der Waals surface area contributed by atoms with Crippen LogP contribution in [0.3, 0.4) is 0 Å². The van der Waals surface area contributed by atoms with Crippen molar-refractivity contribution in [3.8, 4) is 11.1 Å². The molecule has 3 N–H and O–H groups in total. The van der Waals surface area contributed by atoms with Gasteiger partial charge in [-0.05, 0) is 25.0 Å². The molecule has 0 atom stereocenters. The van der Waals surface area contributed by atoms with Gasteiger partial charge in [0.1, 0.15) is 0 Å². The first-order valence-electron chi connectivity index (χ1n) is 6.02. The highest BCUT2D eigenvalue weighted by Gasteiger charge is 2.14. The number of hydrogen-bond donors (Lipinski definition) is 2. The van der Waals surface area contributed by atoms with E-state index >= 15 is 0 Å². The van der Waals surface area contributed by atoms with E-state index in [-0.39, 0.29) is 0 Å². The van der Waals surface area contributed by atoms with E-state index in [9.17, 15) is 0 Å². The molecule has 0 bridgehead atoms. The number of methoxy groups -OCH3 is 1. The summed E-state index contributed by atoms with van der Waals surface area (Å²) < 4.78 is 5.11. The summed E-state index contributed by atoms with van der Waals surface area (Å²) in [5, 5.41) is 7.11. The highest BCUT2D eigenvalue weighted by Crippen LogP contribution is 2.31. The van der Waals surface area contributed by atoms with Gasteiger partial charge in [-0.15, -0.1) is 0 Å². The average molecular weight is 245 g/mol. The number of nitrogen functional groups attached to an aromatic ring is 1. The fourth-order valence-corrected chi connectivity index (χ4v) is 2.08. The van der Waals surface area contributed by atoms with Crippen molar-refractivity contribution >= 4 is 5.82 Å². The summed E-state index contributed by atoms with van der Waals surface area (Å²) in [6, 6.07) is 6.36. The predicted molar refractivity (Wildman–Crippen MR) is 73.5 cm³/mol. The molecule has 2 rings (SSSR count). The number of benzene rings is 1. The molecular formula is C14H19N3O. The van der Waals surface area contributed by atoms with Crippen molar-refractivity contribution in [2.24, 2.45) is 0 Å². The number of hydrogen-bond acceptors (Lipinski definition) is 3. The Bertz CT molecular complexity index is 546. The molecular weight excluding hydrogens is 226 g/mol. The summed E-state index contributed by atoms with van der Waals surface area (Å²) in [6.07, 6.45) is 0.781. The lowest BCUT2D eigenvalue weighted by Gasteiger charge is -2.09. The summed E-state index contributed by atoms with van der Waals surface area (Å²) >= 11 is 0. The number of nitrogens with zero attached hydrogens (tertiary/aromatic N) is 1. The molecule has 0 aliphatic carbocycles. The lowest BCUT2D eigenvalue weighted by Crippen LogP contribution is -1.98. The largest absolute Gasteiger partial charge is 0.384 e. The standard InChI is InChI=1S/C14H19N3O/c1-9-4-5-10(2)11(8-9)13-12(6-7-18-3)16-17-14(13)15/h4-5,8H,6-7H2,1-3H3,(H3,15,16,17). The first-order chi connectivity index (χ1) is 8.63. The van der Waals surface area contributed by atoms with Crippen molar-refractivity contribution in [1.82, 2.24) is 10.2 Å². The monoisotopic (exact) mass is 245 g/mol. The minimum absolute atomic E-state index is 0.551. The number of H-pyrrole nitrogens is 1. The quantitative estimate of drug-likeness (QED) is 0.869. The maximum Gasteiger partial charge on any atom is 0.153 e. The van der Waals surface area contributed by atoms with Crippen LogP contribution in [-0.4, -0.2) is 23.9 Å². The molecule has 4 heteroatoms. The molecule has 1 aromatic heterocycles. The summed E-state index contributed by atoms with van der Waals surface area (Å²) in [7, 11) is 1.69. The van der Waals surface area contributed by atoms with E-state index in [1.807, 2.05) is 0 Å². The van der Waals surface area contributed by atoms with Crippen molar-refractivity contribution in [2.45, 2.75) is 20.3 Å². The molecule has 1 heterocycles. The molecule has 2 aromatic rings. The Morgan fingerprint density at radius 2 is 2.11 bits per heavy atom. The van der Waals surface area contributed by atoms with Crippen LogP contribution >= 0.6 is 0 Å². The molecule has 1 aromatic carbocycles. The third-order valence-electron chi connectivity index (χ3n) is 3.09. The maximum absolute atomic E-state index is 5.98. The minimum atomic E-state index is 0.551. The van der Waals surface area contributed by atoms with Gasteiger partial charge in [0.15, 0.2) is 5.82 Å². The second kappa shape index (κ2) is 5.23. The summed E-state index contributed by atoms with van der Waals surface area (Å²) in [4.78, 5) is 0. The number of nitrogens with one attached hydrogen (secondary N) is 1. The van der Waals surface area contributed by atoms with E-state index in [1.54, 1.807) is 7.11 Å². The SMILES string of the molecule is COCCc1[nH]nc(N)c1-c1cc(C)ccc1C. The molecule has 4 nitrogen and oxygen atoms in total. The Hall–Kier alpha value is -1.81. The van der Waals surface area contributed by atoms with Gasteiger partial charge in [0.25, 0.3) is 0 Å². The molecule has 0 aliphatic rings. The highest BCUT2D eigenvalue weighted by atomic mass is 16.5. The fourth-order valence-electron chi connectivity index (χ4n) is 2.08. The number of aromatic amines is 1. The average Bonchev–Trinajstić information content (AvgIpc) is 2.71. The van der Waals surface area contributed by atoms with Crippen LogP contribution < -0.4 is 5.73 Å². The van der Waals surface area contributed by atoms with Crippen molar-refractivity contribution in [3.05, 3.63) is 35.0 Å². The Morgan fingerprint density at radius 3 is 2.83 bits per heavy atom. The van der Waals surface area contributed by atoms with Gasteiger partial charge in [-0.2, -0.15) is 5.10 Å². The smallest absolute Gasteiger partial charge is 0.153 e. The third kappa shape index (κ3) is 2.38. The van der Waals surface area contributed by atoms with Crippen LogP contribution in [-0.2, 0) is 11.2 Å². The van der Waals surface area contributed by atoms with E-state index in [0.29, 0.717) is 12.4 Å². The van der Waals surface area contributed by atoms with Crippen molar-refractivity contribution < 1.29 is 4.74 Å². The maximum atomic E-state index is 5.98. The van der Waals surface area contributed by atoms with Gasteiger partial charge in [-0.25, -0.2) is 0 Å². The van der Waals surface area contributed by atoms with Crippen LogP contribution in [0.5, 0.6) is 0 Å². The van der Waals surface area contributed by atoms with Gasteiger partial charge in [-0.3, -0.25) is 5.10 Å². The molecule has 0 amide bonds. The highest BCUT2D eigenvalue weighted by molar-refractivity contribution is 5.78. The molecule has 0 fully saturated rings. The predicted octanol–water partition coefficient (Wildman–Crippen LogP) is 2.46. The lowest BCUT2D eigenvalue weighted by molar-refractivity contribution is 0.201. The third-order valence-corrected chi connectivity index (χ3v) is 3.09. The second-order valence-electron chi connectivity index (χ2n) is 4.52. The molecule has 0 spiro atoms. The normalized spacial score (nSPS) is 10.8. The minimum Gasteiger partial charge on any atom is -0.384 e. The van der Waals surface area contributed by atoms with E-state index < -0.39 is 0 Å². The summed E-state index contributed by atoms with van der Waals surface area (Å²) in [5.41, 5.74) is 11.6. The molecule has 18 heavy (non-hydrogen) atoms. The summed E-state index contributed by atoms with van der Waals surface area (Å²) in [5.74, 6) is 0.551. The molecule has 96 valence electrons. The van der Waals surface area contributed by atoms with Crippen LogP contribution in [0.15, 0.2) is 18.2 Å². The number of aromatic nitrogens is 2. The van der Waals surface area contributed by atoms with Gasteiger partial charge in [0, 0.05) is 24.8 Å². The second-order valence-corrected chi connectivity index (χ2v) is 4.52. The topological polar surface area (TPSA) is 63.9 Å². The first kappa shape index (κ1) is 12.6. The summed E-state index contributed by atoms with van der Waals surface area (Å²) in [6.45, 7) is 4.81. The van der Waals surface area contributed by atoms with Crippen LogP contribution in [0, 0.1) is 13.8 Å². The molecule has 0 saturated carbocycles. The zero-order valence-corrected chi connectivity index (χ0v) is 11.1. The Labute approximate surface area is 107 Å². The van der Waals surface area contributed by atoms with Gasteiger partial charge in [0.2, 0.25) is 0 Å². The van der Waals surface area contributed by atoms with Gasteiger partial charge >= 0.3 is 0 Å². The Balaban J connectivity index is 2.48. The van der Waals surface area contributed by atoms with Crippen LogP contribution in [0.25, 0.3) is 11.1 Å². The van der Waals surface area contributed by atoms with E-state index in [0.717, 1.165) is 23.2 Å². The van der Waals surface area contributed by atoms with Gasteiger partial charge < -0.3 is 10.5 Å². The van der Waals surface area contributed by atoms with Crippen molar-refractivity contribution in [1.29, 1.82) is 0 Å². The molecule has 0 saturated heterocycles. The van der Waals surface area contributed by atoms with Crippen LogP contribution in [0.2, 0.25) is 0 Å². The number of anilines is 1. The van der Waals surface area contributed by atoms with Crippen LogP contribution in [0.1, 0.15) is 16.8 Å². The molecule has 0 aliphatic heterocycles. The van der Waals surface area contributed by atoms with Gasteiger partial charge in [-0.1, -0.05) is 23.8 Å². The number of aryl methyl sites for hydroxylation is 2. The number of nitrogens with two attached hydrogens (primary N) is 1. The molecule has 0 radical (unpaired) electrons. The lowest BCUT2D eigenvalue weighted by atomic mass is 9.97. The zero-order valence-electron chi connectivity index (χ0n) is 11.1. The van der Waals surface area contributed by atoms with Gasteiger partial charge in [0.05, 0.1) is 6.61 Å². The van der Waals surface area contributed by atoms with E-state index in [2.05, 4.69) is 42.2 Å². The number of rotatable bonds is 4. The first-order valence-corrected chi connectivity index (χ1v) is 6.02. The van der Waals surface area contributed by atoms with Crippen molar-refractivity contribution in [3.63, 3.8) is 0 Å². The van der Waals surface area contributed by atoms with Crippen LogP contribution in [0.4, 0.5) is 5.82 Å². The van der Waals surface area contributed by atoms with E-state index in [1.165, 1.54) is 11.1 Å². The van der Waals surface area contributed by atoms with Crippen molar-refractivity contribution in [2.75, 3.05) is 19.5 Å². The Morgan fingerprint density at radius 1 is 1.33 bits per heavy atom.